The molecule has 1 saturated heterocycles. The normalized spacial score (nSPS) is 16.6. The summed E-state index contributed by atoms with van der Waals surface area (Å²) in [6.45, 7) is 3.80. The molecule has 3 aromatic rings. The number of aryl methyl sites for hydroxylation is 2. The molecule has 7 heteroatoms. The molecule has 0 aliphatic carbocycles. The van der Waals surface area contributed by atoms with Crippen molar-refractivity contribution in [2.24, 2.45) is 0 Å². The average molecular weight is 484 g/mol. The Morgan fingerprint density at radius 1 is 1.03 bits per heavy atom. The van der Waals surface area contributed by atoms with Gasteiger partial charge in [0, 0.05) is 11.4 Å². The third kappa shape index (κ3) is 5.08. The molecule has 1 heterocycles. The number of para-hydroxylation sites is 2. The fraction of sp³-hybridized carbons (Fsp3) is 0.179. The monoisotopic (exact) mass is 483 g/mol. The zero-order chi connectivity index (χ0) is 24.9. The molecule has 0 unspecified atom stereocenters. The molecule has 0 bridgehead atoms. The molecule has 0 saturated carbocycles. The largest absolute Gasteiger partial charge is 0.497 e. The third-order valence-corrected chi connectivity index (χ3v) is 7.08. The van der Waals surface area contributed by atoms with E-state index in [-0.39, 0.29) is 11.5 Å². The number of methoxy groups -OCH3 is 1. The van der Waals surface area contributed by atoms with Crippen LogP contribution in [0.5, 0.6) is 5.75 Å². The van der Waals surface area contributed by atoms with Crippen molar-refractivity contribution in [3.63, 3.8) is 0 Å². The van der Waals surface area contributed by atoms with Gasteiger partial charge in [0.15, 0.2) is 0 Å². The number of hydrogen-bond donors (Lipinski definition) is 1. The molecule has 2 amide bonds. The Morgan fingerprint density at radius 2 is 1.69 bits per heavy atom. The molecule has 0 aromatic heterocycles. The zero-order valence-corrected chi connectivity index (χ0v) is 20.6. The van der Waals surface area contributed by atoms with Gasteiger partial charge < -0.3 is 10.1 Å². The summed E-state index contributed by atoms with van der Waals surface area (Å²) < 4.78 is 5.22. The summed E-state index contributed by atoms with van der Waals surface area (Å²) in [7, 11) is 1.60. The molecule has 1 N–H and O–H groups in total. The second kappa shape index (κ2) is 10.5. The summed E-state index contributed by atoms with van der Waals surface area (Å²) in [5.41, 5.74) is 3.95. The lowest BCUT2D eigenvalue weighted by atomic mass is 10.1. The van der Waals surface area contributed by atoms with E-state index in [9.17, 15) is 14.9 Å². The number of nitrogens with zero attached hydrogens (tertiary/aromatic N) is 2. The number of hydrogen-bond acceptors (Lipinski definition) is 5. The summed E-state index contributed by atoms with van der Waals surface area (Å²) in [6, 6.07) is 24.4. The minimum absolute atomic E-state index is 0.0907. The van der Waals surface area contributed by atoms with Crippen molar-refractivity contribution >= 4 is 35.0 Å². The lowest BCUT2D eigenvalue weighted by molar-refractivity contribution is -0.117. The van der Waals surface area contributed by atoms with Gasteiger partial charge in [0.25, 0.3) is 5.91 Å². The van der Waals surface area contributed by atoms with Gasteiger partial charge >= 0.3 is 0 Å². The van der Waals surface area contributed by atoms with E-state index < -0.39 is 11.2 Å². The van der Waals surface area contributed by atoms with Gasteiger partial charge in [-0.2, -0.15) is 5.26 Å². The first kappa shape index (κ1) is 24.1. The molecule has 176 valence electrons. The van der Waals surface area contributed by atoms with Crippen LogP contribution < -0.4 is 15.0 Å². The van der Waals surface area contributed by atoms with Crippen LogP contribution in [-0.4, -0.2) is 24.2 Å². The number of ether oxygens (including phenoxy) is 1. The first-order valence-electron chi connectivity index (χ1n) is 11.1. The average Bonchev–Trinajstić information content (AvgIpc) is 3.18. The lowest BCUT2D eigenvalue weighted by Crippen LogP contribution is -2.31. The minimum Gasteiger partial charge on any atom is -0.497 e. The molecule has 1 fully saturated rings. The Kier molecular flexibility index (Phi) is 7.23. The van der Waals surface area contributed by atoms with E-state index in [1.165, 1.54) is 16.7 Å². The second-order valence-corrected chi connectivity index (χ2v) is 9.37. The summed E-state index contributed by atoms with van der Waals surface area (Å²) in [4.78, 5) is 28.3. The second-order valence-electron chi connectivity index (χ2n) is 8.18. The number of nitrogens with one attached hydrogen (secondary N) is 1. The fourth-order valence-electron chi connectivity index (χ4n) is 3.96. The van der Waals surface area contributed by atoms with Gasteiger partial charge in [-0.3, -0.25) is 14.5 Å². The summed E-state index contributed by atoms with van der Waals surface area (Å²) in [5, 5.41) is 12.8. The minimum atomic E-state index is -0.536. The predicted molar refractivity (Wildman–Crippen MR) is 139 cm³/mol. The highest BCUT2D eigenvalue weighted by Crippen LogP contribution is 2.42. The predicted octanol–water partition coefficient (Wildman–Crippen LogP) is 5.38. The summed E-state index contributed by atoms with van der Waals surface area (Å²) in [5.74, 6) is 0.0338. The lowest BCUT2D eigenvalue weighted by Gasteiger charge is -2.19. The number of rotatable bonds is 6. The van der Waals surface area contributed by atoms with Gasteiger partial charge in [-0.05, 0) is 61.2 Å². The highest BCUT2D eigenvalue weighted by Gasteiger charge is 2.40. The molecule has 3 aromatic carbocycles. The van der Waals surface area contributed by atoms with Gasteiger partial charge in [-0.1, -0.05) is 60.3 Å². The SMILES string of the molecule is COc1ccc(C[C@H]2S/C(=C(\C#N)C(=O)Nc3c(C)cccc3C)N(c3ccccc3)C2=O)cc1. The van der Waals surface area contributed by atoms with Gasteiger partial charge in [0.05, 0.1) is 12.4 Å². The van der Waals surface area contributed by atoms with E-state index in [1.807, 2.05) is 74.5 Å². The number of carbonyl (C=O) groups is 2. The number of amides is 2. The molecular formula is C28H25N3O3S. The fourth-order valence-corrected chi connectivity index (χ4v) is 5.27. The van der Waals surface area contributed by atoms with E-state index >= 15 is 0 Å². The van der Waals surface area contributed by atoms with Crippen molar-refractivity contribution in [3.05, 3.63) is 100 Å². The van der Waals surface area contributed by atoms with E-state index in [0.717, 1.165) is 22.4 Å². The Hall–Kier alpha value is -4.02. The van der Waals surface area contributed by atoms with Crippen LogP contribution in [0.1, 0.15) is 16.7 Å². The van der Waals surface area contributed by atoms with Crippen molar-refractivity contribution in [2.75, 3.05) is 17.3 Å². The Labute approximate surface area is 209 Å². The van der Waals surface area contributed by atoms with Gasteiger partial charge in [0.2, 0.25) is 5.91 Å². The van der Waals surface area contributed by atoms with Gasteiger partial charge in [-0.25, -0.2) is 0 Å². The molecular weight excluding hydrogens is 458 g/mol. The molecule has 6 nitrogen and oxygen atoms in total. The van der Waals surface area contributed by atoms with Crippen molar-refractivity contribution in [1.82, 2.24) is 0 Å². The molecule has 0 radical (unpaired) electrons. The standard InChI is InChI=1S/C28H25N3O3S/c1-18-8-7-9-19(2)25(18)30-26(32)23(17-29)28-31(21-10-5-4-6-11-21)27(33)24(35-28)16-20-12-14-22(34-3)15-13-20/h4-15,24H,16H2,1-3H3,(H,30,32)/b28-23+/t24-/m1/s1. The van der Waals surface area contributed by atoms with Gasteiger partial charge in [-0.15, -0.1) is 0 Å². The Morgan fingerprint density at radius 3 is 2.29 bits per heavy atom. The van der Waals surface area contributed by atoms with E-state index in [2.05, 4.69) is 11.4 Å². The van der Waals surface area contributed by atoms with Crippen molar-refractivity contribution in [2.45, 2.75) is 25.5 Å². The van der Waals surface area contributed by atoms with Gasteiger partial charge in [0.1, 0.15) is 22.4 Å². The topological polar surface area (TPSA) is 82.4 Å². The van der Waals surface area contributed by atoms with Crippen LogP contribution in [0.3, 0.4) is 0 Å². The smallest absolute Gasteiger partial charge is 0.269 e. The first-order chi connectivity index (χ1) is 16.9. The molecule has 1 aliphatic rings. The molecule has 0 spiro atoms. The maximum atomic E-state index is 13.6. The Bertz CT molecular complexity index is 1310. The van der Waals surface area contributed by atoms with Crippen molar-refractivity contribution in [3.8, 4) is 11.8 Å². The van der Waals surface area contributed by atoms with Crippen LogP contribution in [0, 0.1) is 25.2 Å². The van der Waals surface area contributed by atoms with Crippen molar-refractivity contribution in [1.29, 1.82) is 5.26 Å². The highest BCUT2D eigenvalue weighted by atomic mass is 32.2. The Balaban J connectivity index is 1.71. The van der Waals surface area contributed by atoms with E-state index in [4.69, 9.17) is 4.74 Å². The number of benzene rings is 3. The van der Waals surface area contributed by atoms with Crippen molar-refractivity contribution < 1.29 is 14.3 Å². The zero-order valence-electron chi connectivity index (χ0n) is 19.7. The van der Waals surface area contributed by atoms with Crippen LogP contribution >= 0.6 is 11.8 Å². The summed E-state index contributed by atoms with van der Waals surface area (Å²) in [6.07, 6.45) is 0.456. The number of anilines is 2. The summed E-state index contributed by atoms with van der Waals surface area (Å²) >= 11 is 1.25. The maximum Gasteiger partial charge on any atom is 0.269 e. The number of nitriles is 1. The van der Waals surface area contributed by atoms with Crippen LogP contribution in [0.15, 0.2) is 83.4 Å². The molecule has 1 aliphatic heterocycles. The maximum absolute atomic E-state index is 13.6. The number of thioether (sulfide) groups is 1. The molecule has 4 rings (SSSR count). The first-order valence-corrected chi connectivity index (χ1v) is 12.0. The number of carbonyl (C=O) groups excluding carboxylic acids is 2. The van der Waals surface area contributed by atoms with Crippen LogP contribution in [0.2, 0.25) is 0 Å². The van der Waals surface area contributed by atoms with E-state index in [1.54, 1.807) is 19.2 Å². The van der Waals surface area contributed by atoms with E-state index in [0.29, 0.717) is 22.8 Å². The van der Waals surface area contributed by atoms with Crippen LogP contribution in [0.4, 0.5) is 11.4 Å². The quantitative estimate of drug-likeness (QED) is 0.376. The third-order valence-electron chi connectivity index (χ3n) is 5.82. The van der Waals surface area contributed by atoms with Crippen LogP contribution in [0.25, 0.3) is 0 Å². The highest BCUT2D eigenvalue weighted by molar-refractivity contribution is 8.05. The molecule has 1 atom stereocenters. The van der Waals surface area contributed by atoms with Crippen LogP contribution in [-0.2, 0) is 16.0 Å². The molecule has 35 heavy (non-hydrogen) atoms.